The molecule has 0 aromatic carbocycles. The van der Waals surface area contributed by atoms with E-state index < -0.39 is 0 Å². The first-order valence-electron chi connectivity index (χ1n) is 7.75. The lowest BCUT2D eigenvalue weighted by Crippen LogP contribution is -2.22. The summed E-state index contributed by atoms with van der Waals surface area (Å²) in [5, 5.41) is 8.52. The molecule has 3 aromatic heterocycles. The SMILES string of the molecule is Cc1nn(C)c(C)c1CNC(=O)c1cc2cn(C(C)C)cc2s1. The maximum atomic E-state index is 12.4. The molecule has 0 saturated carbocycles. The lowest BCUT2D eigenvalue weighted by Gasteiger charge is -2.05. The van der Waals surface area contributed by atoms with Gasteiger partial charge in [0, 0.05) is 48.7 Å². The molecule has 0 saturated heterocycles. The van der Waals surface area contributed by atoms with Crippen LogP contribution >= 0.6 is 11.3 Å². The smallest absolute Gasteiger partial charge is 0.261 e. The molecule has 0 aliphatic carbocycles. The number of aryl methyl sites for hydroxylation is 2. The van der Waals surface area contributed by atoms with Crippen molar-refractivity contribution in [2.75, 3.05) is 0 Å². The number of nitrogens with zero attached hydrogens (tertiary/aromatic N) is 3. The van der Waals surface area contributed by atoms with Crippen molar-refractivity contribution >= 4 is 27.3 Å². The Morgan fingerprint density at radius 3 is 2.65 bits per heavy atom. The zero-order valence-electron chi connectivity index (χ0n) is 14.2. The number of fused-ring (bicyclic) bond motifs is 1. The first-order chi connectivity index (χ1) is 10.9. The van der Waals surface area contributed by atoms with E-state index in [0.717, 1.165) is 31.9 Å². The fourth-order valence-corrected chi connectivity index (χ4v) is 3.68. The van der Waals surface area contributed by atoms with Crippen LogP contribution in [-0.2, 0) is 13.6 Å². The summed E-state index contributed by atoms with van der Waals surface area (Å²) in [6.07, 6.45) is 4.21. The molecular weight excluding hydrogens is 308 g/mol. The van der Waals surface area contributed by atoms with E-state index in [-0.39, 0.29) is 5.91 Å². The van der Waals surface area contributed by atoms with Gasteiger partial charge in [-0.25, -0.2) is 0 Å². The van der Waals surface area contributed by atoms with Crippen molar-refractivity contribution in [2.24, 2.45) is 7.05 Å². The molecule has 3 rings (SSSR count). The Labute approximate surface area is 139 Å². The molecule has 0 unspecified atom stereocenters. The Morgan fingerprint density at radius 2 is 2.09 bits per heavy atom. The van der Waals surface area contributed by atoms with E-state index in [1.807, 2.05) is 31.6 Å². The molecule has 0 fully saturated rings. The highest BCUT2D eigenvalue weighted by atomic mass is 32.1. The summed E-state index contributed by atoms with van der Waals surface area (Å²) >= 11 is 1.54. The Balaban J connectivity index is 1.74. The van der Waals surface area contributed by atoms with Crippen LogP contribution in [0.1, 0.15) is 46.5 Å². The van der Waals surface area contributed by atoms with E-state index >= 15 is 0 Å². The summed E-state index contributed by atoms with van der Waals surface area (Å²) in [6.45, 7) is 8.80. The van der Waals surface area contributed by atoms with Gasteiger partial charge in [-0.15, -0.1) is 11.3 Å². The topological polar surface area (TPSA) is 51.9 Å². The molecule has 23 heavy (non-hydrogen) atoms. The Kier molecular flexibility index (Phi) is 4.02. The monoisotopic (exact) mass is 330 g/mol. The Bertz CT molecular complexity index is 837. The van der Waals surface area contributed by atoms with Crippen LogP contribution in [0, 0.1) is 13.8 Å². The van der Waals surface area contributed by atoms with Crippen LogP contribution in [0.5, 0.6) is 0 Å². The third kappa shape index (κ3) is 2.91. The highest BCUT2D eigenvalue weighted by Crippen LogP contribution is 2.28. The van der Waals surface area contributed by atoms with Gasteiger partial charge in [-0.05, 0) is 33.8 Å². The van der Waals surface area contributed by atoms with Gasteiger partial charge < -0.3 is 9.88 Å². The average Bonchev–Trinajstić information content (AvgIpc) is 3.10. The number of carbonyl (C=O) groups excluding carboxylic acids is 1. The van der Waals surface area contributed by atoms with Gasteiger partial charge in [-0.3, -0.25) is 9.48 Å². The van der Waals surface area contributed by atoms with Crippen molar-refractivity contribution in [3.63, 3.8) is 0 Å². The highest BCUT2D eigenvalue weighted by molar-refractivity contribution is 7.20. The van der Waals surface area contributed by atoms with Gasteiger partial charge >= 0.3 is 0 Å². The molecule has 0 radical (unpaired) electrons. The van der Waals surface area contributed by atoms with Crippen LogP contribution in [0.2, 0.25) is 0 Å². The number of thiophene rings is 1. The van der Waals surface area contributed by atoms with E-state index in [1.165, 1.54) is 11.3 Å². The third-order valence-corrected chi connectivity index (χ3v) is 5.33. The van der Waals surface area contributed by atoms with Gasteiger partial charge in [-0.1, -0.05) is 0 Å². The summed E-state index contributed by atoms with van der Waals surface area (Å²) in [4.78, 5) is 13.2. The number of nitrogens with one attached hydrogen (secondary N) is 1. The van der Waals surface area contributed by atoms with E-state index in [2.05, 4.69) is 41.2 Å². The molecule has 0 spiro atoms. The van der Waals surface area contributed by atoms with Crippen LogP contribution < -0.4 is 5.32 Å². The molecule has 1 N–H and O–H groups in total. The number of hydrogen-bond acceptors (Lipinski definition) is 3. The van der Waals surface area contributed by atoms with Gasteiger partial charge in [0.2, 0.25) is 0 Å². The van der Waals surface area contributed by atoms with E-state index in [4.69, 9.17) is 0 Å². The average molecular weight is 330 g/mol. The van der Waals surface area contributed by atoms with Crippen LogP contribution in [0.4, 0.5) is 0 Å². The van der Waals surface area contributed by atoms with E-state index in [0.29, 0.717) is 12.6 Å². The molecule has 5 nitrogen and oxygen atoms in total. The van der Waals surface area contributed by atoms with E-state index in [1.54, 1.807) is 0 Å². The van der Waals surface area contributed by atoms with Gasteiger partial charge in [0.15, 0.2) is 0 Å². The molecule has 0 aliphatic rings. The highest BCUT2D eigenvalue weighted by Gasteiger charge is 2.14. The standard InChI is InChI=1S/C17H22N4OS/c1-10(2)21-8-13-6-15(23-16(13)9-21)17(22)18-7-14-11(3)19-20(5)12(14)4/h6,8-10H,7H2,1-5H3,(H,18,22). The number of carbonyl (C=O) groups is 1. The molecule has 122 valence electrons. The van der Waals surface area contributed by atoms with Crippen molar-refractivity contribution in [1.29, 1.82) is 0 Å². The second-order valence-electron chi connectivity index (χ2n) is 6.19. The first-order valence-corrected chi connectivity index (χ1v) is 8.56. The summed E-state index contributed by atoms with van der Waals surface area (Å²) in [5.41, 5.74) is 3.15. The van der Waals surface area contributed by atoms with Gasteiger partial charge in [0.1, 0.15) is 0 Å². The Morgan fingerprint density at radius 1 is 1.35 bits per heavy atom. The molecular formula is C17H22N4OS. The molecule has 0 aliphatic heterocycles. The number of aromatic nitrogens is 3. The lowest BCUT2D eigenvalue weighted by atomic mass is 10.2. The maximum Gasteiger partial charge on any atom is 0.261 e. The number of amides is 1. The minimum atomic E-state index is -0.0232. The quantitative estimate of drug-likeness (QED) is 0.795. The van der Waals surface area contributed by atoms with Crippen LogP contribution in [-0.4, -0.2) is 20.3 Å². The second kappa shape index (κ2) is 5.85. The molecule has 0 atom stereocenters. The summed E-state index contributed by atoms with van der Waals surface area (Å²) < 4.78 is 5.17. The van der Waals surface area contributed by atoms with Crippen LogP contribution in [0.25, 0.3) is 10.1 Å². The second-order valence-corrected chi connectivity index (χ2v) is 7.27. The molecule has 3 heterocycles. The van der Waals surface area contributed by atoms with Crippen molar-refractivity contribution in [1.82, 2.24) is 19.7 Å². The van der Waals surface area contributed by atoms with Crippen molar-refractivity contribution < 1.29 is 4.79 Å². The maximum absolute atomic E-state index is 12.4. The lowest BCUT2D eigenvalue weighted by molar-refractivity contribution is 0.0955. The number of hydrogen-bond donors (Lipinski definition) is 1. The minimum absolute atomic E-state index is 0.0232. The predicted molar refractivity (Wildman–Crippen MR) is 94.1 cm³/mol. The normalized spacial score (nSPS) is 11.6. The zero-order chi connectivity index (χ0) is 16.7. The molecule has 6 heteroatoms. The number of rotatable bonds is 4. The molecule has 1 amide bonds. The first kappa shape index (κ1) is 15.8. The minimum Gasteiger partial charge on any atom is -0.350 e. The van der Waals surface area contributed by atoms with Gasteiger partial charge in [0.25, 0.3) is 5.91 Å². The van der Waals surface area contributed by atoms with Crippen LogP contribution in [0.15, 0.2) is 18.5 Å². The molecule has 0 bridgehead atoms. The Hall–Kier alpha value is -2.08. The van der Waals surface area contributed by atoms with Gasteiger partial charge in [0.05, 0.1) is 15.3 Å². The fourth-order valence-electron chi connectivity index (χ4n) is 2.69. The predicted octanol–water partition coefficient (Wildman–Crippen LogP) is 3.56. The zero-order valence-corrected chi connectivity index (χ0v) is 15.0. The van der Waals surface area contributed by atoms with Crippen molar-refractivity contribution in [3.8, 4) is 0 Å². The van der Waals surface area contributed by atoms with Crippen LogP contribution in [0.3, 0.4) is 0 Å². The van der Waals surface area contributed by atoms with E-state index in [9.17, 15) is 4.79 Å². The van der Waals surface area contributed by atoms with Gasteiger partial charge in [-0.2, -0.15) is 5.10 Å². The third-order valence-electron chi connectivity index (χ3n) is 4.25. The summed E-state index contributed by atoms with van der Waals surface area (Å²) in [6, 6.07) is 2.40. The summed E-state index contributed by atoms with van der Waals surface area (Å²) in [5.74, 6) is -0.0232. The summed E-state index contributed by atoms with van der Waals surface area (Å²) in [7, 11) is 1.92. The van der Waals surface area contributed by atoms with Crippen molar-refractivity contribution in [2.45, 2.75) is 40.3 Å². The van der Waals surface area contributed by atoms with Crippen molar-refractivity contribution in [3.05, 3.63) is 40.3 Å². The largest absolute Gasteiger partial charge is 0.350 e. The fraction of sp³-hybridized carbons (Fsp3) is 0.412. The molecule has 3 aromatic rings.